The standard InChI is InChI=1S/C19H16N2O5S/c1-25-18-12-11-17(13-20-18)27(23,24)16-9-7-14(8-10-16)21-19(22)26-15-5-3-2-4-6-15/h2-13H,1H3,(H,21,22). The highest BCUT2D eigenvalue weighted by Gasteiger charge is 2.18. The Morgan fingerprint density at radius 2 is 1.59 bits per heavy atom. The van der Waals surface area contributed by atoms with Crippen LogP contribution in [0.5, 0.6) is 11.6 Å². The number of hydrogen-bond acceptors (Lipinski definition) is 6. The Bertz CT molecular complexity index is 1020. The molecule has 1 aromatic heterocycles. The van der Waals surface area contributed by atoms with Crippen LogP contribution in [0, 0.1) is 0 Å². The maximum absolute atomic E-state index is 12.6. The summed E-state index contributed by atoms with van der Waals surface area (Å²) in [7, 11) is -2.27. The molecule has 138 valence electrons. The lowest BCUT2D eigenvalue weighted by molar-refractivity contribution is 0.215. The van der Waals surface area contributed by atoms with E-state index in [1.54, 1.807) is 24.3 Å². The maximum Gasteiger partial charge on any atom is 0.417 e. The van der Waals surface area contributed by atoms with Crippen LogP contribution < -0.4 is 14.8 Å². The zero-order valence-corrected chi connectivity index (χ0v) is 15.1. The number of hydrogen-bond donors (Lipinski definition) is 1. The average Bonchev–Trinajstić information content (AvgIpc) is 2.69. The molecule has 1 heterocycles. The second kappa shape index (κ2) is 7.88. The third-order valence-electron chi connectivity index (χ3n) is 3.59. The molecule has 0 aliphatic heterocycles. The Labute approximate surface area is 156 Å². The summed E-state index contributed by atoms with van der Waals surface area (Å²) in [5, 5.41) is 2.54. The van der Waals surface area contributed by atoms with Gasteiger partial charge in [-0.15, -0.1) is 0 Å². The molecular weight excluding hydrogens is 368 g/mol. The molecule has 27 heavy (non-hydrogen) atoms. The van der Waals surface area contributed by atoms with Crippen LogP contribution in [0.25, 0.3) is 0 Å². The number of benzene rings is 2. The second-order valence-electron chi connectivity index (χ2n) is 5.39. The summed E-state index contributed by atoms with van der Waals surface area (Å²) in [6.07, 6.45) is 0.563. The van der Waals surface area contributed by atoms with Crippen molar-refractivity contribution in [2.24, 2.45) is 0 Å². The third-order valence-corrected chi connectivity index (χ3v) is 5.35. The number of amides is 1. The van der Waals surface area contributed by atoms with E-state index in [1.165, 1.54) is 49.7 Å². The first kappa shape index (κ1) is 18.4. The van der Waals surface area contributed by atoms with Gasteiger partial charge in [-0.3, -0.25) is 5.32 Å². The highest BCUT2D eigenvalue weighted by atomic mass is 32.2. The monoisotopic (exact) mass is 384 g/mol. The van der Waals surface area contributed by atoms with Gasteiger partial charge in [-0.1, -0.05) is 18.2 Å². The zero-order chi connectivity index (χ0) is 19.3. The van der Waals surface area contributed by atoms with Gasteiger partial charge >= 0.3 is 6.09 Å². The number of nitrogens with zero attached hydrogens (tertiary/aromatic N) is 1. The quantitative estimate of drug-likeness (QED) is 0.723. The number of methoxy groups -OCH3 is 1. The molecule has 0 spiro atoms. The van der Waals surface area contributed by atoms with Crippen molar-refractivity contribution in [2.45, 2.75) is 9.79 Å². The first-order chi connectivity index (χ1) is 13.0. The molecule has 0 aliphatic rings. The summed E-state index contributed by atoms with van der Waals surface area (Å²) in [5.74, 6) is 0.728. The molecule has 3 rings (SSSR count). The fraction of sp³-hybridized carbons (Fsp3) is 0.0526. The number of carbonyl (C=O) groups is 1. The van der Waals surface area contributed by atoms with E-state index >= 15 is 0 Å². The number of pyridine rings is 1. The lowest BCUT2D eigenvalue weighted by atomic mass is 10.3. The predicted molar refractivity (Wildman–Crippen MR) is 98.8 cm³/mol. The van der Waals surface area contributed by atoms with Crippen molar-refractivity contribution >= 4 is 21.6 Å². The number of aromatic nitrogens is 1. The van der Waals surface area contributed by atoms with Crippen LogP contribution in [-0.4, -0.2) is 26.6 Å². The molecule has 0 aliphatic carbocycles. The van der Waals surface area contributed by atoms with Gasteiger partial charge in [0.15, 0.2) is 0 Å². The van der Waals surface area contributed by atoms with Crippen LogP contribution in [0.15, 0.2) is 82.7 Å². The first-order valence-electron chi connectivity index (χ1n) is 7.88. The van der Waals surface area contributed by atoms with E-state index in [4.69, 9.17) is 9.47 Å². The van der Waals surface area contributed by atoms with Gasteiger partial charge in [-0.25, -0.2) is 18.2 Å². The van der Waals surface area contributed by atoms with E-state index in [1.807, 2.05) is 6.07 Å². The topological polar surface area (TPSA) is 94.6 Å². The molecule has 0 bridgehead atoms. The van der Waals surface area contributed by atoms with E-state index in [0.29, 0.717) is 17.3 Å². The van der Waals surface area contributed by atoms with E-state index in [-0.39, 0.29) is 9.79 Å². The summed E-state index contributed by atoms with van der Waals surface area (Å²) in [4.78, 5) is 15.9. The Morgan fingerprint density at radius 3 is 2.19 bits per heavy atom. The fourth-order valence-corrected chi connectivity index (χ4v) is 3.44. The molecule has 0 radical (unpaired) electrons. The molecule has 0 saturated carbocycles. The fourth-order valence-electron chi connectivity index (χ4n) is 2.24. The summed E-state index contributed by atoms with van der Waals surface area (Å²) in [6.45, 7) is 0. The highest BCUT2D eigenvalue weighted by Crippen LogP contribution is 2.23. The van der Waals surface area contributed by atoms with Gasteiger partial charge in [-0.05, 0) is 42.5 Å². The van der Waals surface area contributed by atoms with Gasteiger partial charge in [0, 0.05) is 18.0 Å². The summed E-state index contributed by atoms with van der Waals surface area (Å²) < 4.78 is 35.3. The number of ether oxygens (including phenoxy) is 2. The third kappa shape index (κ3) is 4.42. The molecule has 8 heteroatoms. The van der Waals surface area contributed by atoms with Gasteiger partial charge < -0.3 is 9.47 Å². The lowest BCUT2D eigenvalue weighted by Gasteiger charge is -2.08. The number of sulfone groups is 1. The molecule has 3 aromatic rings. The van der Waals surface area contributed by atoms with Gasteiger partial charge in [-0.2, -0.15) is 0 Å². The van der Waals surface area contributed by atoms with Gasteiger partial charge in [0.1, 0.15) is 5.75 Å². The van der Waals surface area contributed by atoms with Crippen molar-refractivity contribution in [3.05, 3.63) is 72.9 Å². The van der Waals surface area contributed by atoms with Gasteiger partial charge in [0.25, 0.3) is 0 Å². The smallest absolute Gasteiger partial charge is 0.417 e. The number of carbonyl (C=O) groups excluding carboxylic acids is 1. The summed E-state index contributed by atoms with van der Waals surface area (Å²) in [6, 6.07) is 17.3. The summed E-state index contributed by atoms with van der Waals surface area (Å²) in [5.41, 5.74) is 0.405. The largest absolute Gasteiger partial charge is 0.481 e. The molecule has 1 N–H and O–H groups in total. The Kier molecular flexibility index (Phi) is 5.37. The normalized spacial score (nSPS) is 10.9. The first-order valence-corrected chi connectivity index (χ1v) is 9.36. The Balaban J connectivity index is 1.71. The van der Waals surface area contributed by atoms with E-state index in [0.717, 1.165) is 0 Å². The average molecular weight is 384 g/mol. The van der Waals surface area contributed by atoms with Crippen LogP contribution in [0.2, 0.25) is 0 Å². The number of anilines is 1. The highest BCUT2D eigenvalue weighted by molar-refractivity contribution is 7.91. The van der Waals surface area contributed by atoms with E-state index in [2.05, 4.69) is 10.3 Å². The number of rotatable bonds is 5. The van der Waals surface area contributed by atoms with Crippen molar-refractivity contribution < 1.29 is 22.7 Å². The minimum absolute atomic E-state index is 0.0486. The number of para-hydroxylation sites is 1. The molecule has 1 amide bonds. The molecule has 0 fully saturated rings. The van der Waals surface area contributed by atoms with Crippen molar-refractivity contribution in [1.82, 2.24) is 4.98 Å². The molecule has 0 saturated heterocycles. The van der Waals surface area contributed by atoms with Crippen LogP contribution >= 0.6 is 0 Å². The van der Waals surface area contributed by atoms with Crippen molar-refractivity contribution in [3.8, 4) is 11.6 Å². The maximum atomic E-state index is 12.6. The predicted octanol–water partition coefficient (Wildman–Crippen LogP) is 3.53. The van der Waals surface area contributed by atoms with Crippen LogP contribution in [-0.2, 0) is 9.84 Å². The Hall–Kier alpha value is -3.39. The van der Waals surface area contributed by atoms with Crippen LogP contribution in [0.3, 0.4) is 0 Å². The molecule has 2 aromatic carbocycles. The molecular formula is C19H16N2O5S. The summed E-state index contributed by atoms with van der Waals surface area (Å²) >= 11 is 0. The molecule has 0 atom stereocenters. The SMILES string of the molecule is COc1ccc(S(=O)(=O)c2ccc(NC(=O)Oc3ccccc3)cc2)cn1. The van der Waals surface area contributed by atoms with Gasteiger partial charge in [0.05, 0.1) is 16.9 Å². The van der Waals surface area contributed by atoms with Crippen LogP contribution in [0.4, 0.5) is 10.5 Å². The van der Waals surface area contributed by atoms with Gasteiger partial charge in [0.2, 0.25) is 15.7 Å². The molecule has 0 unspecified atom stereocenters. The number of nitrogens with one attached hydrogen (secondary N) is 1. The van der Waals surface area contributed by atoms with Crippen molar-refractivity contribution in [2.75, 3.05) is 12.4 Å². The van der Waals surface area contributed by atoms with E-state index in [9.17, 15) is 13.2 Å². The van der Waals surface area contributed by atoms with Crippen molar-refractivity contribution in [1.29, 1.82) is 0 Å². The van der Waals surface area contributed by atoms with Crippen molar-refractivity contribution in [3.63, 3.8) is 0 Å². The zero-order valence-electron chi connectivity index (χ0n) is 14.3. The molecule has 7 nitrogen and oxygen atoms in total. The van der Waals surface area contributed by atoms with Crippen LogP contribution in [0.1, 0.15) is 0 Å². The second-order valence-corrected chi connectivity index (χ2v) is 7.34. The lowest BCUT2D eigenvalue weighted by Crippen LogP contribution is -2.16. The Morgan fingerprint density at radius 1 is 0.926 bits per heavy atom. The minimum atomic E-state index is -3.72. The van der Waals surface area contributed by atoms with E-state index < -0.39 is 15.9 Å². The minimum Gasteiger partial charge on any atom is -0.481 e.